The van der Waals surface area contributed by atoms with Gasteiger partial charge in [0.2, 0.25) is 0 Å². The topological polar surface area (TPSA) is 75.4 Å². The Morgan fingerprint density at radius 2 is 2.25 bits per heavy atom. The van der Waals surface area contributed by atoms with Gasteiger partial charge in [-0.05, 0) is 43.0 Å². The van der Waals surface area contributed by atoms with Crippen molar-refractivity contribution in [2.45, 2.75) is 19.4 Å². The van der Waals surface area contributed by atoms with Gasteiger partial charge in [-0.3, -0.25) is 4.90 Å². The van der Waals surface area contributed by atoms with Crippen LogP contribution in [0.1, 0.15) is 18.4 Å². The van der Waals surface area contributed by atoms with Crippen molar-refractivity contribution in [3.05, 3.63) is 34.9 Å². The van der Waals surface area contributed by atoms with Gasteiger partial charge >= 0.3 is 0 Å². The second kappa shape index (κ2) is 6.87. The molecule has 5 nitrogen and oxygen atoms in total. The van der Waals surface area contributed by atoms with E-state index < -0.39 is 10.2 Å². The van der Waals surface area contributed by atoms with E-state index in [1.54, 1.807) is 0 Å². The molecule has 1 aromatic carbocycles. The molecule has 1 heterocycles. The molecule has 1 saturated heterocycles. The fourth-order valence-electron chi connectivity index (χ4n) is 2.59. The Bertz CT molecular complexity index is 550. The van der Waals surface area contributed by atoms with Crippen molar-refractivity contribution in [1.82, 2.24) is 9.62 Å². The fourth-order valence-corrected chi connectivity index (χ4v) is 3.27. The number of likely N-dealkylation sites (tertiary alicyclic amines) is 1. The van der Waals surface area contributed by atoms with Crippen LogP contribution in [-0.4, -0.2) is 33.0 Å². The molecule has 1 aliphatic rings. The first kappa shape index (κ1) is 15.7. The van der Waals surface area contributed by atoms with Gasteiger partial charge in [0.1, 0.15) is 0 Å². The molecule has 20 heavy (non-hydrogen) atoms. The van der Waals surface area contributed by atoms with E-state index in [4.69, 9.17) is 16.7 Å². The Morgan fingerprint density at radius 1 is 1.45 bits per heavy atom. The largest absolute Gasteiger partial charge is 0.299 e. The summed E-state index contributed by atoms with van der Waals surface area (Å²) in [6.45, 7) is 3.14. The van der Waals surface area contributed by atoms with Gasteiger partial charge in [-0.1, -0.05) is 23.7 Å². The number of nitrogens with two attached hydrogens (primary N) is 1. The first-order valence-corrected chi connectivity index (χ1v) is 8.59. The maximum Gasteiger partial charge on any atom is 0.274 e. The molecule has 0 amide bonds. The predicted molar refractivity (Wildman–Crippen MR) is 80.6 cm³/mol. The highest BCUT2D eigenvalue weighted by atomic mass is 35.5. The third kappa shape index (κ3) is 5.38. The predicted octanol–water partition coefficient (Wildman–Crippen LogP) is 1.35. The van der Waals surface area contributed by atoms with Gasteiger partial charge in [-0.15, -0.1) is 0 Å². The average Bonchev–Trinajstić information content (AvgIpc) is 2.36. The molecule has 3 N–H and O–H groups in total. The van der Waals surface area contributed by atoms with Crippen LogP contribution in [0.3, 0.4) is 0 Å². The van der Waals surface area contributed by atoms with Crippen LogP contribution in [0.25, 0.3) is 0 Å². The number of nitrogens with zero attached hydrogens (tertiary/aromatic N) is 1. The van der Waals surface area contributed by atoms with E-state index in [9.17, 15) is 8.42 Å². The van der Waals surface area contributed by atoms with Gasteiger partial charge < -0.3 is 0 Å². The van der Waals surface area contributed by atoms with Crippen LogP contribution in [0.4, 0.5) is 0 Å². The minimum absolute atomic E-state index is 0.307. The fraction of sp³-hybridized carbons (Fsp3) is 0.538. The van der Waals surface area contributed by atoms with Crippen molar-refractivity contribution in [2.24, 2.45) is 11.1 Å². The zero-order valence-corrected chi connectivity index (χ0v) is 12.8. The first-order valence-electron chi connectivity index (χ1n) is 6.66. The van der Waals surface area contributed by atoms with Crippen LogP contribution >= 0.6 is 11.6 Å². The smallest absolute Gasteiger partial charge is 0.274 e. The van der Waals surface area contributed by atoms with Crippen LogP contribution in [0, 0.1) is 5.92 Å². The van der Waals surface area contributed by atoms with E-state index in [2.05, 4.69) is 15.7 Å². The maximum absolute atomic E-state index is 10.9. The van der Waals surface area contributed by atoms with E-state index in [1.807, 2.05) is 18.2 Å². The second-order valence-electron chi connectivity index (χ2n) is 5.27. The highest BCUT2D eigenvalue weighted by molar-refractivity contribution is 7.87. The van der Waals surface area contributed by atoms with E-state index in [0.717, 1.165) is 37.5 Å². The van der Waals surface area contributed by atoms with Crippen LogP contribution in [0.5, 0.6) is 0 Å². The lowest BCUT2D eigenvalue weighted by Crippen LogP contribution is -2.42. The minimum atomic E-state index is -3.59. The molecule has 0 aromatic heterocycles. The molecule has 1 aliphatic heterocycles. The monoisotopic (exact) mass is 317 g/mol. The third-order valence-corrected chi connectivity index (χ3v) is 4.28. The summed E-state index contributed by atoms with van der Waals surface area (Å²) in [5, 5.41) is 5.70. The summed E-state index contributed by atoms with van der Waals surface area (Å²) in [4.78, 5) is 2.32. The number of halogens is 1. The molecule has 0 radical (unpaired) electrons. The molecule has 0 bridgehead atoms. The van der Waals surface area contributed by atoms with Crippen molar-refractivity contribution in [1.29, 1.82) is 0 Å². The molecule has 0 saturated carbocycles. The second-order valence-corrected chi connectivity index (χ2v) is 7.08. The number of benzene rings is 1. The van der Waals surface area contributed by atoms with E-state index in [0.29, 0.717) is 12.5 Å². The normalized spacial score (nSPS) is 21.0. The van der Waals surface area contributed by atoms with Gasteiger partial charge in [-0.2, -0.15) is 8.42 Å². The Labute approximate surface area is 125 Å². The average molecular weight is 318 g/mol. The minimum Gasteiger partial charge on any atom is -0.299 e. The Balaban J connectivity index is 1.87. The molecule has 7 heteroatoms. The van der Waals surface area contributed by atoms with Crippen molar-refractivity contribution >= 4 is 21.8 Å². The summed E-state index contributed by atoms with van der Waals surface area (Å²) in [6.07, 6.45) is 2.09. The SMILES string of the molecule is NS(=O)(=O)NC[C@H]1CCCN(Cc2cccc(Cl)c2)C1. The molecule has 112 valence electrons. The first-order chi connectivity index (χ1) is 9.42. The molecular weight excluding hydrogens is 298 g/mol. The lowest BCUT2D eigenvalue weighted by molar-refractivity contribution is 0.169. The molecule has 0 spiro atoms. The van der Waals surface area contributed by atoms with Crippen LogP contribution in [-0.2, 0) is 16.8 Å². The summed E-state index contributed by atoms with van der Waals surface area (Å²) >= 11 is 5.98. The number of hydrogen-bond acceptors (Lipinski definition) is 3. The van der Waals surface area contributed by atoms with Gasteiger partial charge in [0.25, 0.3) is 10.2 Å². The van der Waals surface area contributed by atoms with Crippen molar-refractivity contribution in [3.63, 3.8) is 0 Å². The molecular formula is C13H20ClN3O2S. The van der Waals surface area contributed by atoms with E-state index in [1.165, 1.54) is 5.56 Å². The van der Waals surface area contributed by atoms with Crippen LogP contribution in [0.15, 0.2) is 24.3 Å². The summed E-state index contributed by atoms with van der Waals surface area (Å²) < 4.78 is 24.2. The van der Waals surface area contributed by atoms with Crippen molar-refractivity contribution in [3.8, 4) is 0 Å². The molecule has 1 fully saturated rings. The lowest BCUT2D eigenvalue weighted by atomic mass is 9.98. The van der Waals surface area contributed by atoms with Gasteiger partial charge in [0, 0.05) is 24.7 Å². The molecule has 0 unspecified atom stereocenters. The molecule has 1 atom stereocenters. The Kier molecular flexibility index (Phi) is 5.40. The number of rotatable bonds is 5. The zero-order valence-electron chi connectivity index (χ0n) is 11.3. The number of nitrogens with one attached hydrogen (secondary N) is 1. The summed E-state index contributed by atoms with van der Waals surface area (Å²) in [5.41, 5.74) is 1.18. The van der Waals surface area contributed by atoms with Crippen LogP contribution in [0.2, 0.25) is 5.02 Å². The van der Waals surface area contributed by atoms with Crippen molar-refractivity contribution < 1.29 is 8.42 Å². The quantitative estimate of drug-likeness (QED) is 0.860. The highest BCUT2D eigenvalue weighted by Gasteiger charge is 2.20. The van der Waals surface area contributed by atoms with Gasteiger partial charge in [0.15, 0.2) is 0 Å². The summed E-state index contributed by atoms with van der Waals surface area (Å²) in [6, 6.07) is 7.83. The molecule has 2 rings (SSSR count). The molecule has 0 aliphatic carbocycles. The maximum atomic E-state index is 10.9. The van der Waals surface area contributed by atoms with Crippen molar-refractivity contribution in [2.75, 3.05) is 19.6 Å². The third-order valence-electron chi connectivity index (χ3n) is 3.47. The van der Waals surface area contributed by atoms with Gasteiger partial charge in [0.05, 0.1) is 0 Å². The summed E-state index contributed by atoms with van der Waals surface area (Å²) in [5.74, 6) is 0.307. The Morgan fingerprint density at radius 3 is 2.95 bits per heavy atom. The van der Waals surface area contributed by atoms with Crippen LogP contribution < -0.4 is 9.86 Å². The lowest BCUT2D eigenvalue weighted by Gasteiger charge is -2.32. The number of piperidine rings is 1. The Hall–Kier alpha value is -0.660. The zero-order chi connectivity index (χ0) is 14.6. The van der Waals surface area contributed by atoms with E-state index >= 15 is 0 Å². The summed E-state index contributed by atoms with van der Waals surface area (Å²) in [7, 11) is -3.59. The van der Waals surface area contributed by atoms with E-state index in [-0.39, 0.29) is 0 Å². The van der Waals surface area contributed by atoms with Gasteiger partial charge in [-0.25, -0.2) is 9.86 Å². The number of hydrogen-bond donors (Lipinski definition) is 2. The molecule has 1 aromatic rings. The standard InChI is InChI=1S/C13H20ClN3O2S/c14-13-5-1-3-11(7-13)9-17-6-2-4-12(10-17)8-16-20(15,18)19/h1,3,5,7,12,16H,2,4,6,8-10H2,(H2,15,18,19)/t12-/m1/s1. The highest BCUT2D eigenvalue weighted by Crippen LogP contribution is 2.19.